The Kier molecular flexibility index (Phi) is 9.98. The highest BCUT2D eigenvalue weighted by Crippen LogP contribution is 2.31. The summed E-state index contributed by atoms with van der Waals surface area (Å²) in [7, 11) is -4.17. The number of para-hydroxylation sites is 1. The van der Waals surface area contributed by atoms with E-state index < -0.39 is 28.5 Å². The molecule has 3 aromatic rings. The van der Waals surface area contributed by atoms with Gasteiger partial charge in [-0.15, -0.1) is 0 Å². The molecule has 3 rings (SSSR count). The lowest BCUT2D eigenvalue weighted by Crippen LogP contribution is -2.52. The van der Waals surface area contributed by atoms with Gasteiger partial charge < -0.3 is 10.2 Å². The Bertz CT molecular complexity index is 1400. The first kappa shape index (κ1) is 29.7. The molecule has 10 heteroatoms. The third-order valence-electron chi connectivity index (χ3n) is 5.85. The molecule has 0 saturated heterocycles. The molecule has 0 fully saturated rings. The molecule has 0 bridgehead atoms. The summed E-state index contributed by atoms with van der Waals surface area (Å²) in [5.41, 5.74) is 1.85. The Morgan fingerprint density at radius 2 is 1.63 bits per heavy atom. The van der Waals surface area contributed by atoms with E-state index in [2.05, 4.69) is 21.2 Å². The van der Waals surface area contributed by atoms with Gasteiger partial charge in [-0.05, 0) is 69.7 Å². The molecule has 3 aromatic carbocycles. The maximum Gasteiger partial charge on any atom is 0.264 e. The molecule has 0 aliphatic heterocycles. The van der Waals surface area contributed by atoms with Crippen molar-refractivity contribution in [2.24, 2.45) is 0 Å². The number of sulfonamides is 1. The summed E-state index contributed by atoms with van der Waals surface area (Å²) in [6.07, 6.45) is 0. The highest BCUT2D eigenvalue weighted by molar-refractivity contribution is 9.10. The van der Waals surface area contributed by atoms with Crippen LogP contribution in [0.3, 0.4) is 0 Å². The number of aryl methyl sites for hydroxylation is 1. The summed E-state index contributed by atoms with van der Waals surface area (Å²) < 4.78 is 29.5. The topological polar surface area (TPSA) is 86.8 Å². The first-order chi connectivity index (χ1) is 17.9. The molecule has 202 valence electrons. The normalized spacial score (nSPS) is 12.2. The molecule has 7 nitrogen and oxygen atoms in total. The van der Waals surface area contributed by atoms with Crippen LogP contribution in [0.25, 0.3) is 0 Å². The van der Waals surface area contributed by atoms with Gasteiger partial charge in [-0.1, -0.05) is 69.5 Å². The van der Waals surface area contributed by atoms with Gasteiger partial charge in [0.05, 0.1) is 15.6 Å². The second-order valence-corrected chi connectivity index (χ2v) is 12.5. The second-order valence-electron chi connectivity index (χ2n) is 9.27. The molecule has 0 spiro atoms. The Morgan fingerprint density at radius 3 is 2.24 bits per heavy atom. The van der Waals surface area contributed by atoms with Crippen molar-refractivity contribution in [2.45, 2.75) is 51.2 Å². The third kappa shape index (κ3) is 7.36. The van der Waals surface area contributed by atoms with Crippen LogP contribution in [0.4, 0.5) is 5.69 Å². The minimum Gasteiger partial charge on any atom is -0.352 e. The Morgan fingerprint density at radius 1 is 0.974 bits per heavy atom. The van der Waals surface area contributed by atoms with Crippen LogP contribution < -0.4 is 9.62 Å². The molecule has 0 aliphatic carbocycles. The summed E-state index contributed by atoms with van der Waals surface area (Å²) in [6.45, 7) is 6.70. The number of hydrogen-bond donors (Lipinski definition) is 1. The molecule has 38 heavy (non-hydrogen) atoms. The van der Waals surface area contributed by atoms with Crippen molar-refractivity contribution in [1.29, 1.82) is 0 Å². The minimum absolute atomic E-state index is 0.0277. The van der Waals surface area contributed by atoms with Crippen LogP contribution in [-0.2, 0) is 26.2 Å². The SMILES string of the molecule is Cc1ccc(S(=O)(=O)N(CC(=O)N(Cc2cccc(Br)c2)[C@@H](C)C(=O)NC(C)C)c2ccccc2Cl)cc1. The standard InChI is InChI=1S/C28H31BrClN3O4S/c1-19(2)31-28(35)21(4)32(17-22-8-7-9-23(29)16-22)27(34)18-33(26-11-6-5-10-25(26)30)38(36,37)24-14-12-20(3)13-15-24/h5-16,19,21H,17-18H2,1-4H3,(H,31,35)/t21-/m0/s1. The van der Waals surface area contributed by atoms with Gasteiger partial charge in [-0.2, -0.15) is 0 Å². The molecule has 1 N–H and O–H groups in total. The smallest absolute Gasteiger partial charge is 0.264 e. The van der Waals surface area contributed by atoms with Gasteiger partial charge in [0.15, 0.2) is 0 Å². The quantitative estimate of drug-likeness (QED) is 0.322. The number of amides is 2. The van der Waals surface area contributed by atoms with Crippen LogP contribution >= 0.6 is 27.5 Å². The number of carbonyl (C=O) groups excluding carboxylic acids is 2. The Hall–Kier alpha value is -2.88. The molecule has 0 aliphatic rings. The van der Waals surface area contributed by atoms with Gasteiger partial charge in [0, 0.05) is 17.1 Å². The fourth-order valence-corrected chi connectivity index (χ4v) is 5.99. The van der Waals surface area contributed by atoms with Crippen LogP contribution in [0.2, 0.25) is 5.02 Å². The molecular formula is C28H31BrClN3O4S. The van der Waals surface area contributed by atoms with Crippen LogP contribution in [0, 0.1) is 6.92 Å². The maximum atomic E-state index is 13.9. The summed E-state index contributed by atoms with van der Waals surface area (Å²) >= 11 is 9.86. The largest absolute Gasteiger partial charge is 0.352 e. The van der Waals surface area contributed by atoms with Gasteiger partial charge >= 0.3 is 0 Å². The van der Waals surface area contributed by atoms with Crippen LogP contribution in [0.5, 0.6) is 0 Å². The summed E-state index contributed by atoms with van der Waals surface area (Å²) in [4.78, 5) is 28.2. The predicted molar refractivity (Wildman–Crippen MR) is 155 cm³/mol. The lowest BCUT2D eigenvalue weighted by molar-refractivity contribution is -0.139. The average Bonchev–Trinajstić information content (AvgIpc) is 2.85. The van der Waals surface area contributed by atoms with Gasteiger partial charge in [-0.25, -0.2) is 8.42 Å². The number of nitrogens with zero attached hydrogens (tertiary/aromatic N) is 2. The van der Waals surface area contributed by atoms with Crippen molar-refractivity contribution in [2.75, 3.05) is 10.8 Å². The minimum atomic E-state index is -4.17. The molecule has 2 amide bonds. The maximum absolute atomic E-state index is 13.9. The predicted octanol–water partition coefficient (Wildman–Crippen LogP) is 5.55. The lowest BCUT2D eigenvalue weighted by Gasteiger charge is -2.32. The summed E-state index contributed by atoms with van der Waals surface area (Å²) in [6, 6.07) is 19.2. The molecule has 0 unspecified atom stereocenters. The van der Waals surface area contributed by atoms with E-state index in [1.54, 1.807) is 43.3 Å². The van der Waals surface area contributed by atoms with Gasteiger partial charge in [0.1, 0.15) is 12.6 Å². The monoisotopic (exact) mass is 619 g/mol. The second kappa shape index (κ2) is 12.8. The Balaban J connectivity index is 2.05. The van der Waals surface area contributed by atoms with Crippen molar-refractivity contribution in [3.05, 3.63) is 93.4 Å². The van der Waals surface area contributed by atoms with E-state index in [-0.39, 0.29) is 34.1 Å². The number of hydrogen-bond acceptors (Lipinski definition) is 4. The zero-order chi connectivity index (χ0) is 28.0. The van der Waals surface area contributed by atoms with Crippen molar-refractivity contribution in [1.82, 2.24) is 10.2 Å². The van der Waals surface area contributed by atoms with Gasteiger partial charge in [0.25, 0.3) is 10.0 Å². The molecule has 0 radical (unpaired) electrons. The first-order valence-electron chi connectivity index (χ1n) is 12.1. The number of benzene rings is 3. The van der Waals surface area contributed by atoms with Crippen molar-refractivity contribution < 1.29 is 18.0 Å². The van der Waals surface area contributed by atoms with E-state index in [4.69, 9.17) is 11.6 Å². The van der Waals surface area contributed by atoms with E-state index >= 15 is 0 Å². The number of rotatable bonds is 10. The van der Waals surface area contributed by atoms with E-state index in [0.29, 0.717) is 0 Å². The summed E-state index contributed by atoms with van der Waals surface area (Å²) in [5.74, 6) is -0.888. The number of halogens is 2. The van der Waals surface area contributed by atoms with Crippen molar-refractivity contribution in [3.63, 3.8) is 0 Å². The van der Waals surface area contributed by atoms with E-state index in [1.807, 2.05) is 45.0 Å². The lowest BCUT2D eigenvalue weighted by atomic mass is 10.1. The van der Waals surface area contributed by atoms with Gasteiger partial charge in [0.2, 0.25) is 11.8 Å². The van der Waals surface area contributed by atoms with E-state index in [1.165, 1.54) is 17.0 Å². The number of anilines is 1. The van der Waals surface area contributed by atoms with E-state index in [0.717, 1.165) is 19.9 Å². The third-order valence-corrected chi connectivity index (χ3v) is 8.44. The Labute approximate surface area is 238 Å². The molecular weight excluding hydrogens is 590 g/mol. The fourth-order valence-electron chi connectivity index (χ4n) is 3.82. The first-order valence-corrected chi connectivity index (χ1v) is 14.7. The zero-order valence-corrected chi connectivity index (χ0v) is 24.8. The molecule has 0 saturated carbocycles. The highest BCUT2D eigenvalue weighted by Gasteiger charge is 2.33. The number of carbonyl (C=O) groups is 2. The highest BCUT2D eigenvalue weighted by atomic mass is 79.9. The van der Waals surface area contributed by atoms with Gasteiger partial charge in [-0.3, -0.25) is 13.9 Å². The molecule has 0 heterocycles. The van der Waals surface area contributed by atoms with Crippen molar-refractivity contribution in [3.8, 4) is 0 Å². The zero-order valence-electron chi connectivity index (χ0n) is 21.7. The van der Waals surface area contributed by atoms with E-state index in [9.17, 15) is 18.0 Å². The number of nitrogens with one attached hydrogen (secondary N) is 1. The summed E-state index contributed by atoms with van der Waals surface area (Å²) in [5, 5.41) is 3.02. The van der Waals surface area contributed by atoms with Crippen LogP contribution in [0.1, 0.15) is 31.9 Å². The fraction of sp³-hybridized carbons (Fsp3) is 0.286. The van der Waals surface area contributed by atoms with Crippen LogP contribution in [-0.4, -0.2) is 43.8 Å². The average molecular weight is 621 g/mol. The van der Waals surface area contributed by atoms with Crippen LogP contribution in [0.15, 0.2) is 82.2 Å². The van der Waals surface area contributed by atoms with Crippen molar-refractivity contribution >= 4 is 55.1 Å². The molecule has 0 aromatic heterocycles. The molecule has 1 atom stereocenters.